The lowest BCUT2D eigenvalue weighted by Gasteiger charge is -2.36. The molecule has 10 heteroatoms. The normalized spacial score (nSPS) is 14.1. The molecule has 1 fully saturated rings. The third-order valence-electron chi connectivity index (χ3n) is 4.47. The molecule has 0 bridgehead atoms. The van der Waals surface area contributed by atoms with E-state index in [1.807, 2.05) is 4.90 Å². The third kappa shape index (κ3) is 3.78. The zero-order chi connectivity index (χ0) is 19.6. The van der Waals surface area contributed by atoms with Gasteiger partial charge in [-0.05, 0) is 24.3 Å². The molecule has 0 atom stereocenters. The largest absolute Gasteiger partial charge is 0.393 e. The van der Waals surface area contributed by atoms with Crippen molar-refractivity contribution in [2.24, 2.45) is 0 Å². The summed E-state index contributed by atoms with van der Waals surface area (Å²) >= 11 is 0. The van der Waals surface area contributed by atoms with E-state index in [1.165, 1.54) is 30.3 Å². The van der Waals surface area contributed by atoms with Crippen LogP contribution >= 0.6 is 0 Å². The van der Waals surface area contributed by atoms with Crippen molar-refractivity contribution in [3.8, 4) is 0 Å². The number of non-ortho nitro benzene ring substituents is 1. The van der Waals surface area contributed by atoms with Gasteiger partial charge >= 0.3 is 0 Å². The second-order valence-corrected chi connectivity index (χ2v) is 6.08. The van der Waals surface area contributed by atoms with Crippen LogP contribution in [0.5, 0.6) is 0 Å². The number of carbonyl (C=O) groups is 1. The lowest BCUT2D eigenvalue weighted by molar-refractivity contribution is -0.384. The number of nitro benzene ring substituents is 2. The Morgan fingerprint density at radius 3 is 2.11 bits per heavy atom. The van der Waals surface area contributed by atoms with Crippen molar-refractivity contribution in [3.05, 3.63) is 68.3 Å². The number of hydrogen-bond donors (Lipinski definition) is 1. The first-order valence-electron chi connectivity index (χ1n) is 8.19. The highest BCUT2D eigenvalue weighted by molar-refractivity contribution is 5.95. The van der Waals surface area contributed by atoms with Gasteiger partial charge in [0.15, 0.2) is 0 Å². The van der Waals surface area contributed by atoms with Gasteiger partial charge in [-0.15, -0.1) is 0 Å². The Labute approximate surface area is 154 Å². The maximum Gasteiger partial charge on any atom is 0.292 e. The molecule has 2 N–H and O–H groups in total. The third-order valence-corrected chi connectivity index (χ3v) is 4.47. The molecule has 0 radical (unpaired) electrons. The predicted molar refractivity (Wildman–Crippen MR) is 98.7 cm³/mol. The molecule has 140 valence electrons. The summed E-state index contributed by atoms with van der Waals surface area (Å²) in [4.78, 5) is 36.9. The van der Waals surface area contributed by atoms with Gasteiger partial charge in [0.2, 0.25) is 0 Å². The summed E-state index contributed by atoms with van der Waals surface area (Å²) in [7, 11) is 0. The van der Waals surface area contributed by atoms with E-state index in [0.717, 1.165) is 5.69 Å². The Bertz CT molecular complexity index is 891. The summed E-state index contributed by atoms with van der Waals surface area (Å²) in [6.07, 6.45) is 0. The van der Waals surface area contributed by atoms with Gasteiger partial charge in [-0.1, -0.05) is 0 Å². The first kappa shape index (κ1) is 18.1. The van der Waals surface area contributed by atoms with E-state index >= 15 is 0 Å². The van der Waals surface area contributed by atoms with E-state index in [1.54, 1.807) is 17.0 Å². The van der Waals surface area contributed by atoms with Crippen LogP contribution in [-0.4, -0.2) is 46.8 Å². The number of hydrogen-bond acceptors (Lipinski definition) is 7. The van der Waals surface area contributed by atoms with E-state index in [4.69, 9.17) is 5.73 Å². The lowest BCUT2D eigenvalue weighted by atomic mass is 10.1. The first-order valence-corrected chi connectivity index (χ1v) is 8.19. The standard InChI is InChI=1S/C17H17N5O5/c18-15-6-1-12(11-16(15)22(26)27)17(23)20-9-7-19(8-10-20)13-2-4-14(5-3-13)21(24)25/h1-6,11H,7-10,18H2. The number of nitrogens with two attached hydrogens (primary N) is 1. The molecule has 0 aliphatic carbocycles. The van der Waals surface area contributed by atoms with Crippen LogP contribution in [0.25, 0.3) is 0 Å². The number of carbonyl (C=O) groups excluding carboxylic acids is 1. The zero-order valence-electron chi connectivity index (χ0n) is 14.3. The minimum absolute atomic E-state index is 0.0135. The van der Waals surface area contributed by atoms with Gasteiger partial charge in [0.1, 0.15) is 5.69 Å². The molecule has 27 heavy (non-hydrogen) atoms. The van der Waals surface area contributed by atoms with Crippen LogP contribution in [0, 0.1) is 20.2 Å². The fourth-order valence-electron chi connectivity index (χ4n) is 2.97. The van der Waals surface area contributed by atoms with E-state index in [9.17, 15) is 25.0 Å². The molecule has 1 amide bonds. The molecule has 2 aromatic carbocycles. The SMILES string of the molecule is Nc1ccc(C(=O)N2CCN(c3ccc([N+](=O)[O-])cc3)CC2)cc1[N+](=O)[O-]. The van der Waals surface area contributed by atoms with Crippen LogP contribution in [0.1, 0.15) is 10.4 Å². The summed E-state index contributed by atoms with van der Waals surface area (Å²) in [6, 6.07) is 10.3. The topological polar surface area (TPSA) is 136 Å². The molecule has 0 spiro atoms. The van der Waals surface area contributed by atoms with Crippen molar-refractivity contribution in [2.75, 3.05) is 36.8 Å². The minimum Gasteiger partial charge on any atom is -0.393 e. The highest BCUT2D eigenvalue weighted by atomic mass is 16.6. The summed E-state index contributed by atoms with van der Waals surface area (Å²) in [5, 5.41) is 21.7. The predicted octanol–water partition coefficient (Wildman–Crippen LogP) is 2.05. The van der Waals surface area contributed by atoms with Crippen LogP contribution in [0.4, 0.5) is 22.7 Å². The Kier molecular flexibility index (Phi) is 4.88. The smallest absolute Gasteiger partial charge is 0.292 e. The molecular weight excluding hydrogens is 354 g/mol. The quantitative estimate of drug-likeness (QED) is 0.493. The van der Waals surface area contributed by atoms with Crippen LogP contribution in [0.2, 0.25) is 0 Å². The van der Waals surface area contributed by atoms with Gasteiger partial charge in [0.25, 0.3) is 17.3 Å². The second kappa shape index (κ2) is 7.28. The van der Waals surface area contributed by atoms with Crippen LogP contribution in [0.15, 0.2) is 42.5 Å². The average molecular weight is 371 g/mol. The van der Waals surface area contributed by atoms with E-state index < -0.39 is 9.85 Å². The molecule has 2 aromatic rings. The molecule has 1 aliphatic heterocycles. The van der Waals surface area contributed by atoms with Crippen LogP contribution < -0.4 is 10.6 Å². The van der Waals surface area contributed by atoms with Crippen LogP contribution in [0.3, 0.4) is 0 Å². The molecule has 3 rings (SSSR count). The first-order chi connectivity index (χ1) is 12.9. The molecule has 1 heterocycles. The van der Waals surface area contributed by atoms with E-state index in [-0.39, 0.29) is 28.5 Å². The highest BCUT2D eigenvalue weighted by Crippen LogP contribution is 2.24. The number of nitrogen functional groups attached to an aromatic ring is 1. The highest BCUT2D eigenvalue weighted by Gasteiger charge is 2.24. The maximum absolute atomic E-state index is 12.6. The number of piperazine rings is 1. The summed E-state index contributed by atoms with van der Waals surface area (Å²) < 4.78 is 0. The van der Waals surface area contributed by atoms with Gasteiger partial charge in [-0.3, -0.25) is 25.0 Å². The molecule has 0 saturated carbocycles. The maximum atomic E-state index is 12.6. The molecule has 1 saturated heterocycles. The number of benzene rings is 2. The second-order valence-electron chi connectivity index (χ2n) is 6.08. The number of nitrogens with zero attached hydrogens (tertiary/aromatic N) is 4. The number of amides is 1. The molecule has 0 unspecified atom stereocenters. The van der Waals surface area contributed by atoms with Crippen molar-refractivity contribution in [1.29, 1.82) is 0 Å². The van der Waals surface area contributed by atoms with E-state index in [0.29, 0.717) is 26.2 Å². The molecule has 0 aromatic heterocycles. The van der Waals surface area contributed by atoms with Crippen molar-refractivity contribution in [1.82, 2.24) is 4.90 Å². The van der Waals surface area contributed by atoms with Crippen LogP contribution in [-0.2, 0) is 0 Å². The minimum atomic E-state index is -0.612. The lowest BCUT2D eigenvalue weighted by Crippen LogP contribution is -2.48. The Hall–Kier alpha value is -3.69. The molecule has 1 aliphatic rings. The fraction of sp³-hybridized carbons (Fsp3) is 0.235. The zero-order valence-corrected chi connectivity index (χ0v) is 14.3. The summed E-state index contributed by atoms with van der Waals surface area (Å²) in [6.45, 7) is 1.99. The van der Waals surface area contributed by atoms with E-state index in [2.05, 4.69) is 0 Å². The van der Waals surface area contributed by atoms with Crippen molar-refractivity contribution >= 4 is 28.7 Å². The van der Waals surface area contributed by atoms with Gasteiger partial charge in [-0.25, -0.2) is 0 Å². The van der Waals surface area contributed by atoms with Crippen molar-refractivity contribution < 1.29 is 14.6 Å². The Morgan fingerprint density at radius 1 is 0.926 bits per heavy atom. The fourth-order valence-corrected chi connectivity index (χ4v) is 2.97. The number of nitro groups is 2. The van der Waals surface area contributed by atoms with Gasteiger partial charge < -0.3 is 15.5 Å². The monoisotopic (exact) mass is 371 g/mol. The summed E-state index contributed by atoms with van der Waals surface area (Å²) in [5.74, 6) is -0.290. The number of anilines is 2. The Morgan fingerprint density at radius 2 is 1.56 bits per heavy atom. The van der Waals surface area contributed by atoms with Gasteiger partial charge in [0, 0.05) is 55.6 Å². The van der Waals surface area contributed by atoms with Crippen molar-refractivity contribution in [3.63, 3.8) is 0 Å². The molecule has 10 nitrogen and oxygen atoms in total. The number of rotatable bonds is 4. The van der Waals surface area contributed by atoms with Gasteiger partial charge in [-0.2, -0.15) is 0 Å². The van der Waals surface area contributed by atoms with Gasteiger partial charge in [0.05, 0.1) is 9.85 Å². The van der Waals surface area contributed by atoms with Crippen molar-refractivity contribution in [2.45, 2.75) is 0 Å². The Balaban J connectivity index is 1.66. The average Bonchev–Trinajstić information content (AvgIpc) is 2.68. The molecular formula is C17H17N5O5. The summed E-state index contributed by atoms with van der Waals surface area (Å²) in [5.41, 5.74) is 6.38.